The number of carbonyl (C=O) groups is 2. The van der Waals surface area contributed by atoms with Crippen LogP contribution in [0.4, 0.5) is 0 Å². The Balaban J connectivity index is 1.92. The van der Waals surface area contributed by atoms with Crippen molar-refractivity contribution in [2.75, 3.05) is 0 Å². The molecule has 0 aromatic heterocycles. The van der Waals surface area contributed by atoms with Crippen LogP contribution in [0.5, 0.6) is 0 Å². The summed E-state index contributed by atoms with van der Waals surface area (Å²) in [5.41, 5.74) is 9.77. The van der Waals surface area contributed by atoms with Crippen molar-refractivity contribution in [3.8, 4) is 0 Å². The van der Waals surface area contributed by atoms with E-state index in [1.807, 2.05) is 6.07 Å². The van der Waals surface area contributed by atoms with Crippen LogP contribution in [0.25, 0.3) is 10.4 Å². The summed E-state index contributed by atoms with van der Waals surface area (Å²) in [5, 5.41) is 3.63. The molecule has 3 atom stereocenters. The van der Waals surface area contributed by atoms with Gasteiger partial charge in [-0.3, -0.25) is 4.79 Å². The Kier molecular flexibility index (Phi) is 4.97. The van der Waals surface area contributed by atoms with E-state index in [-0.39, 0.29) is 6.42 Å². The van der Waals surface area contributed by atoms with E-state index in [0.717, 1.165) is 0 Å². The number of benzene rings is 2. The van der Waals surface area contributed by atoms with Gasteiger partial charge >= 0.3 is 11.9 Å². The van der Waals surface area contributed by atoms with Crippen LogP contribution in [0.2, 0.25) is 0 Å². The normalized spacial score (nSPS) is 20.2. The maximum absolute atomic E-state index is 12.5. The molecule has 0 unspecified atom stereocenters. The Hall–Kier alpha value is -3.31. The third-order valence-electron chi connectivity index (χ3n) is 3.89. The molecule has 0 N–H and O–H groups in total. The number of hydrogen-bond acceptors (Lipinski definition) is 5. The summed E-state index contributed by atoms with van der Waals surface area (Å²) in [6, 6.07) is 16.7. The molecule has 0 bridgehead atoms. The van der Waals surface area contributed by atoms with Crippen molar-refractivity contribution in [2.45, 2.75) is 24.7 Å². The molecule has 2 aromatic carbocycles. The number of nitrogens with zero attached hydrogens (tertiary/aromatic N) is 3. The lowest BCUT2D eigenvalue weighted by Gasteiger charge is -2.25. The quantitative estimate of drug-likeness (QED) is 0.360. The molecule has 0 spiro atoms. The molecule has 25 heavy (non-hydrogen) atoms. The minimum Gasteiger partial charge on any atom is -0.458 e. The van der Waals surface area contributed by atoms with Crippen LogP contribution in [0, 0.1) is 0 Å². The summed E-state index contributed by atoms with van der Waals surface area (Å²) in [6.07, 6.45) is -1.77. The molecular weight excluding hydrogens is 322 g/mol. The maximum atomic E-state index is 12.5. The van der Waals surface area contributed by atoms with Gasteiger partial charge in [0.1, 0.15) is 0 Å². The van der Waals surface area contributed by atoms with E-state index < -0.39 is 30.2 Å². The predicted octanol–water partition coefficient (Wildman–Crippen LogP) is 3.58. The molecule has 1 fully saturated rings. The molecule has 0 aliphatic carbocycles. The zero-order valence-corrected chi connectivity index (χ0v) is 13.2. The molecule has 0 amide bonds. The van der Waals surface area contributed by atoms with Crippen LogP contribution in [0.15, 0.2) is 65.8 Å². The Morgan fingerprint density at radius 2 is 1.80 bits per heavy atom. The SMILES string of the molecule is [N-]=[N+]=N[C@H]1CC(=O)O[C@@H]1[C@H](OC(=O)c1ccccc1)c1ccccc1. The smallest absolute Gasteiger partial charge is 0.338 e. The molecule has 126 valence electrons. The van der Waals surface area contributed by atoms with Gasteiger partial charge in [0.2, 0.25) is 0 Å². The highest BCUT2D eigenvalue weighted by atomic mass is 16.6. The first-order chi connectivity index (χ1) is 12.2. The van der Waals surface area contributed by atoms with Crippen molar-refractivity contribution >= 4 is 11.9 Å². The summed E-state index contributed by atoms with van der Waals surface area (Å²) in [4.78, 5) is 26.9. The Labute approximate surface area is 143 Å². The molecule has 7 nitrogen and oxygen atoms in total. The summed E-state index contributed by atoms with van der Waals surface area (Å²) in [7, 11) is 0. The highest BCUT2D eigenvalue weighted by Crippen LogP contribution is 2.33. The number of ether oxygens (including phenoxy) is 2. The van der Waals surface area contributed by atoms with Gasteiger partial charge in [-0.05, 0) is 23.2 Å². The highest BCUT2D eigenvalue weighted by molar-refractivity contribution is 5.89. The Morgan fingerprint density at radius 1 is 1.16 bits per heavy atom. The number of hydrogen-bond donors (Lipinski definition) is 0. The highest BCUT2D eigenvalue weighted by Gasteiger charge is 2.42. The standard InChI is InChI=1S/C18H15N3O4/c19-21-20-14-11-15(22)24-17(14)16(12-7-3-1-4-8-12)25-18(23)13-9-5-2-6-10-13/h1-10,14,16-17H,11H2/t14-,16+,17-/m0/s1. The van der Waals surface area contributed by atoms with Gasteiger partial charge in [0.25, 0.3) is 0 Å². The lowest BCUT2D eigenvalue weighted by molar-refractivity contribution is -0.146. The predicted molar refractivity (Wildman–Crippen MR) is 88.5 cm³/mol. The fourth-order valence-corrected chi connectivity index (χ4v) is 2.73. The molecule has 1 saturated heterocycles. The summed E-state index contributed by atoms with van der Waals surface area (Å²) in [5.74, 6) is -1.03. The average Bonchev–Trinajstić information content (AvgIpc) is 3.01. The molecule has 3 rings (SSSR count). The van der Waals surface area contributed by atoms with Gasteiger partial charge in [-0.1, -0.05) is 53.6 Å². The summed E-state index contributed by atoms with van der Waals surface area (Å²) in [6.45, 7) is 0. The first-order valence-corrected chi connectivity index (χ1v) is 7.73. The minimum atomic E-state index is -0.865. The van der Waals surface area contributed by atoms with Crippen LogP contribution in [0.1, 0.15) is 28.4 Å². The number of cyclic esters (lactones) is 1. The van der Waals surface area contributed by atoms with E-state index in [0.29, 0.717) is 11.1 Å². The molecule has 1 aliphatic rings. The van der Waals surface area contributed by atoms with Gasteiger partial charge in [0, 0.05) is 4.91 Å². The number of rotatable bonds is 5. The van der Waals surface area contributed by atoms with Crippen molar-refractivity contribution in [2.24, 2.45) is 5.11 Å². The third-order valence-corrected chi connectivity index (χ3v) is 3.89. The number of carbonyl (C=O) groups excluding carboxylic acids is 2. The lowest BCUT2D eigenvalue weighted by Crippen LogP contribution is -2.31. The van der Waals surface area contributed by atoms with Gasteiger partial charge in [0.15, 0.2) is 12.2 Å². The summed E-state index contributed by atoms with van der Waals surface area (Å²) >= 11 is 0. The minimum absolute atomic E-state index is 0.0407. The molecule has 1 aliphatic heterocycles. The van der Waals surface area contributed by atoms with E-state index in [2.05, 4.69) is 10.0 Å². The van der Waals surface area contributed by atoms with Crippen LogP contribution in [-0.4, -0.2) is 24.1 Å². The lowest BCUT2D eigenvalue weighted by atomic mass is 9.99. The largest absolute Gasteiger partial charge is 0.458 e. The van der Waals surface area contributed by atoms with Crippen LogP contribution in [0.3, 0.4) is 0 Å². The second-order valence-electron chi connectivity index (χ2n) is 5.53. The molecule has 0 radical (unpaired) electrons. The zero-order valence-electron chi connectivity index (χ0n) is 13.2. The van der Waals surface area contributed by atoms with Crippen molar-refractivity contribution in [3.63, 3.8) is 0 Å². The van der Waals surface area contributed by atoms with E-state index >= 15 is 0 Å². The molecule has 2 aromatic rings. The van der Waals surface area contributed by atoms with Gasteiger partial charge in [-0.25, -0.2) is 4.79 Å². The monoisotopic (exact) mass is 337 g/mol. The molecule has 1 heterocycles. The topological polar surface area (TPSA) is 101 Å². The summed E-state index contributed by atoms with van der Waals surface area (Å²) < 4.78 is 10.9. The maximum Gasteiger partial charge on any atom is 0.338 e. The van der Waals surface area contributed by atoms with Gasteiger partial charge < -0.3 is 9.47 Å². The van der Waals surface area contributed by atoms with Gasteiger partial charge in [0.05, 0.1) is 18.0 Å². The van der Waals surface area contributed by atoms with E-state index in [9.17, 15) is 9.59 Å². The van der Waals surface area contributed by atoms with Crippen LogP contribution >= 0.6 is 0 Å². The number of azide groups is 1. The average molecular weight is 337 g/mol. The van der Waals surface area contributed by atoms with Gasteiger partial charge in [-0.2, -0.15) is 0 Å². The molecule has 7 heteroatoms. The van der Waals surface area contributed by atoms with Crippen LogP contribution < -0.4 is 0 Å². The zero-order chi connectivity index (χ0) is 17.6. The van der Waals surface area contributed by atoms with Crippen molar-refractivity contribution in [1.82, 2.24) is 0 Å². The van der Waals surface area contributed by atoms with E-state index in [1.54, 1.807) is 54.6 Å². The fraction of sp³-hybridized carbons (Fsp3) is 0.222. The van der Waals surface area contributed by atoms with E-state index in [4.69, 9.17) is 15.0 Å². The third kappa shape index (κ3) is 3.79. The van der Waals surface area contributed by atoms with E-state index in [1.165, 1.54) is 0 Å². The van der Waals surface area contributed by atoms with Crippen molar-refractivity contribution in [3.05, 3.63) is 82.2 Å². The van der Waals surface area contributed by atoms with Crippen LogP contribution in [-0.2, 0) is 14.3 Å². The van der Waals surface area contributed by atoms with Crippen molar-refractivity contribution < 1.29 is 19.1 Å². The second-order valence-corrected chi connectivity index (χ2v) is 5.53. The molecular formula is C18H15N3O4. The fourth-order valence-electron chi connectivity index (χ4n) is 2.73. The van der Waals surface area contributed by atoms with Crippen molar-refractivity contribution in [1.29, 1.82) is 0 Å². The second kappa shape index (κ2) is 7.51. The first kappa shape index (κ1) is 16.5. The Bertz CT molecular complexity index is 804. The number of esters is 2. The Morgan fingerprint density at radius 3 is 2.44 bits per heavy atom. The first-order valence-electron chi connectivity index (χ1n) is 7.73. The van der Waals surface area contributed by atoms with Gasteiger partial charge in [-0.15, -0.1) is 0 Å². The molecule has 0 saturated carbocycles.